The maximum atomic E-state index is 13.2. The molecule has 3 aromatic carbocycles. The van der Waals surface area contributed by atoms with Crippen LogP contribution in [-0.4, -0.2) is 25.4 Å². The number of hydrogen-bond donors (Lipinski definition) is 0. The number of sulfonamides is 1. The molecule has 0 fully saturated rings. The van der Waals surface area contributed by atoms with Gasteiger partial charge in [0.25, 0.3) is 15.9 Å². The first-order chi connectivity index (χ1) is 16.3. The Balaban J connectivity index is 1.68. The van der Waals surface area contributed by atoms with Crippen molar-refractivity contribution in [2.45, 2.75) is 39.1 Å². The third kappa shape index (κ3) is 4.43. The van der Waals surface area contributed by atoms with Crippen LogP contribution in [0, 0.1) is 13.8 Å². The van der Waals surface area contributed by atoms with Crippen LogP contribution in [-0.2, 0) is 16.6 Å². The van der Waals surface area contributed by atoms with Gasteiger partial charge in [-0.1, -0.05) is 35.6 Å². The number of carbonyl (C=O) groups is 1. The minimum absolute atomic E-state index is 0.131. The maximum absolute atomic E-state index is 13.2. The summed E-state index contributed by atoms with van der Waals surface area (Å²) in [5.74, 6) is -0.400. The summed E-state index contributed by atoms with van der Waals surface area (Å²) >= 11 is 1.49. The molecule has 0 unspecified atom stereocenters. The summed E-state index contributed by atoms with van der Waals surface area (Å²) in [7, 11) is -3.75. The van der Waals surface area contributed by atoms with E-state index in [4.69, 9.17) is 0 Å². The van der Waals surface area contributed by atoms with Gasteiger partial charge in [0.2, 0.25) is 0 Å². The van der Waals surface area contributed by atoms with E-state index in [-0.39, 0.29) is 4.90 Å². The van der Waals surface area contributed by atoms with Crippen LogP contribution in [0.5, 0.6) is 0 Å². The van der Waals surface area contributed by atoms with Gasteiger partial charge in [-0.3, -0.25) is 9.10 Å². The Kier molecular flexibility index (Phi) is 6.72. The number of fused-ring (bicyclic) bond motifs is 1. The number of anilines is 1. The minimum atomic E-state index is -3.75. The molecular weight excluding hydrogens is 466 g/mol. The predicted octanol–water partition coefficient (Wildman–Crippen LogP) is 5.30. The maximum Gasteiger partial charge on any atom is 0.279 e. The monoisotopic (exact) mass is 493 g/mol. The second-order valence-electron chi connectivity index (χ2n) is 8.01. The summed E-state index contributed by atoms with van der Waals surface area (Å²) in [5.41, 5.74) is 4.33. The Bertz CT molecular complexity index is 1520. The van der Waals surface area contributed by atoms with Gasteiger partial charge >= 0.3 is 0 Å². The number of aromatic nitrogens is 1. The van der Waals surface area contributed by atoms with Gasteiger partial charge in [-0.2, -0.15) is 4.99 Å². The molecule has 1 heterocycles. The van der Waals surface area contributed by atoms with Crippen molar-refractivity contribution in [1.29, 1.82) is 0 Å². The molecule has 0 aliphatic rings. The quantitative estimate of drug-likeness (QED) is 0.366. The zero-order valence-electron chi connectivity index (χ0n) is 19.6. The highest BCUT2D eigenvalue weighted by atomic mass is 32.2. The Morgan fingerprint density at radius 2 is 1.68 bits per heavy atom. The molecule has 0 spiro atoms. The molecule has 4 rings (SSSR count). The van der Waals surface area contributed by atoms with Gasteiger partial charge in [0.1, 0.15) is 0 Å². The van der Waals surface area contributed by atoms with Crippen molar-refractivity contribution in [3.8, 4) is 0 Å². The van der Waals surface area contributed by atoms with Crippen molar-refractivity contribution in [2.24, 2.45) is 4.99 Å². The van der Waals surface area contributed by atoms with Gasteiger partial charge in [-0.25, -0.2) is 8.42 Å². The first-order valence-electron chi connectivity index (χ1n) is 11.1. The van der Waals surface area contributed by atoms with Crippen LogP contribution in [0.2, 0.25) is 0 Å². The van der Waals surface area contributed by atoms with Gasteiger partial charge in [0.05, 0.1) is 20.8 Å². The molecule has 0 saturated carbocycles. The minimum Gasteiger partial charge on any atom is -0.317 e. The molecule has 176 valence electrons. The topological polar surface area (TPSA) is 71.7 Å². The highest BCUT2D eigenvalue weighted by Gasteiger charge is 2.23. The standard InChI is InChI=1S/C26H27N3O3S2/c1-5-28-23-17-18(3)16-19(4)24(23)33-26(28)27-25(30)20-12-14-22(15-13-20)34(31,32)29(6-2)21-10-8-7-9-11-21/h7-17H,5-6H2,1-4H3. The van der Waals surface area contributed by atoms with E-state index in [9.17, 15) is 13.2 Å². The lowest BCUT2D eigenvalue weighted by Gasteiger charge is -2.22. The molecule has 0 aliphatic carbocycles. The molecule has 4 aromatic rings. The van der Waals surface area contributed by atoms with Crippen molar-refractivity contribution >= 4 is 43.2 Å². The molecule has 0 saturated heterocycles. The predicted molar refractivity (Wildman–Crippen MR) is 138 cm³/mol. The molecule has 0 aliphatic heterocycles. The van der Waals surface area contributed by atoms with Gasteiger partial charge < -0.3 is 4.57 Å². The van der Waals surface area contributed by atoms with Gasteiger partial charge in [-0.15, -0.1) is 0 Å². The van der Waals surface area contributed by atoms with E-state index in [1.54, 1.807) is 31.2 Å². The second-order valence-corrected chi connectivity index (χ2v) is 10.8. The van der Waals surface area contributed by atoms with E-state index >= 15 is 0 Å². The fourth-order valence-corrected chi connectivity index (χ4v) is 6.65. The summed E-state index contributed by atoms with van der Waals surface area (Å²) in [6.45, 7) is 8.92. The summed E-state index contributed by atoms with van der Waals surface area (Å²) in [4.78, 5) is 18.1. The lowest BCUT2D eigenvalue weighted by Crippen LogP contribution is -2.30. The fourth-order valence-electron chi connectivity index (χ4n) is 4.04. The van der Waals surface area contributed by atoms with Crippen molar-refractivity contribution < 1.29 is 13.2 Å². The zero-order valence-corrected chi connectivity index (χ0v) is 21.3. The Morgan fingerprint density at radius 3 is 2.29 bits per heavy atom. The third-order valence-corrected chi connectivity index (χ3v) is 8.80. The summed E-state index contributed by atoms with van der Waals surface area (Å²) in [5, 5.41) is 0. The van der Waals surface area contributed by atoms with E-state index in [1.807, 2.05) is 17.6 Å². The van der Waals surface area contributed by atoms with Crippen molar-refractivity contribution in [3.05, 3.63) is 88.2 Å². The van der Waals surface area contributed by atoms with E-state index in [0.29, 0.717) is 29.1 Å². The molecule has 0 bridgehead atoms. The van der Waals surface area contributed by atoms with Crippen LogP contribution in [0.15, 0.2) is 76.6 Å². The first-order valence-corrected chi connectivity index (χ1v) is 13.4. The number of benzene rings is 3. The Hall–Kier alpha value is -3.23. The third-order valence-electron chi connectivity index (χ3n) is 5.65. The molecule has 6 nitrogen and oxygen atoms in total. The van der Waals surface area contributed by atoms with Crippen molar-refractivity contribution in [3.63, 3.8) is 0 Å². The molecule has 0 atom stereocenters. The molecule has 1 amide bonds. The molecule has 34 heavy (non-hydrogen) atoms. The number of rotatable bonds is 6. The molecule has 0 N–H and O–H groups in total. The smallest absolute Gasteiger partial charge is 0.279 e. The SMILES string of the molecule is CCN(c1ccccc1)S(=O)(=O)c1ccc(C(=O)N=c2sc3c(C)cc(C)cc3n2CC)cc1. The molecule has 0 radical (unpaired) electrons. The van der Waals surface area contributed by atoms with Crippen LogP contribution in [0.4, 0.5) is 5.69 Å². The summed E-state index contributed by atoms with van der Waals surface area (Å²) < 4.78 is 30.9. The molecule has 8 heteroatoms. The van der Waals surface area contributed by atoms with Crippen LogP contribution in [0.3, 0.4) is 0 Å². The van der Waals surface area contributed by atoms with Crippen molar-refractivity contribution in [1.82, 2.24) is 4.57 Å². The van der Waals surface area contributed by atoms with Crippen LogP contribution >= 0.6 is 11.3 Å². The lowest BCUT2D eigenvalue weighted by molar-refractivity contribution is 0.0997. The van der Waals surface area contributed by atoms with Crippen LogP contribution in [0.1, 0.15) is 35.3 Å². The van der Waals surface area contributed by atoms with E-state index in [1.165, 1.54) is 39.9 Å². The average molecular weight is 494 g/mol. The van der Waals surface area contributed by atoms with Crippen molar-refractivity contribution in [2.75, 3.05) is 10.8 Å². The number of carbonyl (C=O) groups excluding carboxylic acids is 1. The first kappa shape index (κ1) is 23.9. The highest BCUT2D eigenvalue weighted by Crippen LogP contribution is 2.25. The fraction of sp³-hybridized carbons (Fsp3) is 0.231. The summed E-state index contributed by atoms with van der Waals surface area (Å²) in [6.07, 6.45) is 0. The zero-order chi connectivity index (χ0) is 24.5. The highest BCUT2D eigenvalue weighted by molar-refractivity contribution is 7.92. The second kappa shape index (κ2) is 9.56. The Morgan fingerprint density at radius 1 is 1.00 bits per heavy atom. The van der Waals surface area contributed by atoms with Crippen LogP contribution in [0.25, 0.3) is 10.2 Å². The molecule has 1 aromatic heterocycles. The normalized spacial score (nSPS) is 12.3. The van der Waals surface area contributed by atoms with Gasteiger partial charge in [0.15, 0.2) is 4.80 Å². The number of nitrogens with zero attached hydrogens (tertiary/aromatic N) is 3. The largest absolute Gasteiger partial charge is 0.317 e. The average Bonchev–Trinajstić information content (AvgIpc) is 3.17. The summed E-state index contributed by atoms with van der Waals surface area (Å²) in [6, 6.07) is 19.2. The van der Waals surface area contributed by atoms with Crippen LogP contribution < -0.4 is 9.11 Å². The van der Waals surface area contributed by atoms with E-state index in [0.717, 1.165) is 21.3 Å². The number of hydrogen-bond acceptors (Lipinski definition) is 4. The lowest BCUT2D eigenvalue weighted by atomic mass is 10.1. The number of amides is 1. The number of thiazole rings is 1. The number of para-hydroxylation sites is 1. The van der Waals surface area contributed by atoms with Gasteiger partial charge in [0, 0.05) is 18.7 Å². The Labute approximate surface area is 203 Å². The van der Waals surface area contributed by atoms with E-state index in [2.05, 4.69) is 31.0 Å². The van der Waals surface area contributed by atoms with Gasteiger partial charge in [-0.05, 0) is 81.3 Å². The molecular formula is C26H27N3O3S2. The number of aryl methyl sites for hydroxylation is 3. The van der Waals surface area contributed by atoms with E-state index < -0.39 is 15.9 Å².